The monoisotopic (exact) mass is 408 g/mol. The number of hydrogen-bond acceptors (Lipinski definition) is 6. The molecular formula is C20H28N2O5S. The molecule has 2 amide bonds. The van der Waals surface area contributed by atoms with Crippen molar-refractivity contribution in [3.8, 4) is 0 Å². The minimum absolute atomic E-state index is 0.169. The number of carbonyl (C=O) groups is 3. The predicted octanol–water partition coefficient (Wildman–Crippen LogP) is 2.59. The molecule has 1 aromatic carbocycles. The highest BCUT2D eigenvalue weighted by molar-refractivity contribution is 7.98. The number of hydrogen-bond donors (Lipinski definition) is 1. The smallest absolute Gasteiger partial charge is 0.408 e. The largest absolute Gasteiger partial charge is 0.459 e. The third kappa shape index (κ3) is 6.44. The molecule has 1 aliphatic rings. The van der Waals surface area contributed by atoms with Crippen LogP contribution in [0.2, 0.25) is 0 Å². The van der Waals surface area contributed by atoms with Crippen LogP contribution in [0.15, 0.2) is 30.3 Å². The second-order valence-electron chi connectivity index (χ2n) is 7.58. The van der Waals surface area contributed by atoms with Gasteiger partial charge in [-0.05, 0) is 39.0 Å². The van der Waals surface area contributed by atoms with E-state index in [0.717, 1.165) is 5.56 Å². The number of alkyl carbamates (subject to hydrolysis) is 1. The molecule has 0 saturated carbocycles. The summed E-state index contributed by atoms with van der Waals surface area (Å²) in [5.41, 5.74) is 0.234. The zero-order valence-electron chi connectivity index (χ0n) is 16.8. The van der Waals surface area contributed by atoms with Gasteiger partial charge in [-0.3, -0.25) is 4.79 Å². The van der Waals surface area contributed by atoms with Crippen molar-refractivity contribution < 1.29 is 23.9 Å². The van der Waals surface area contributed by atoms with Crippen molar-refractivity contribution in [2.45, 2.75) is 51.5 Å². The highest BCUT2D eigenvalue weighted by Gasteiger charge is 2.41. The lowest BCUT2D eigenvalue weighted by atomic mass is 10.0. The van der Waals surface area contributed by atoms with Crippen LogP contribution in [0.1, 0.15) is 32.8 Å². The molecule has 28 heavy (non-hydrogen) atoms. The van der Waals surface area contributed by atoms with Crippen LogP contribution in [-0.2, 0) is 25.7 Å². The van der Waals surface area contributed by atoms with Crippen LogP contribution in [-0.4, -0.2) is 59.1 Å². The van der Waals surface area contributed by atoms with Gasteiger partial charge in [0.2, 0.25) is 5.91 Å². The van der Waals surface area contributed by atoms with E-state index in [1.165, 1.54) is 16.7 Å². The summed E-state index contributed by atoms with van der Waals surface area (Å²) in [7, 11) is 0. The van der Waals surface area contributed by atoms with Crippen molar-refractivity contribution in [1.29, 1.82) is 0 Å². The molecule has 1 N–H and O–H groups in total. The van der Waals surface area contributed by atoms with Crippen molar-refractivity contribution in [2.24, 2.45) is 0 Å². The van der Waals surface area contributed by atoms with Crippen LogP contribution in [0.5, 0.6) is 0 Å². The lowest BCUT2D eigenvalue weighted by Gasteiger charge is -2.40. The first kappa shape index (κ1) is 22.1. The third-order valence-electron chi connectivity index (χ3n) is 4.12. The molecule has 8 heteroatoms. The van der Waals surface area contributed by atoms with Gasteiger partial charge in [-0.25, -0.2) is 9.59 Å². The fourth-order valence-electron chi connectivity index (χ4n) is 2.71. The average Bonchev–Trinajstić information content (AvgIpc) is 2.58. The molecule has 0 aliphatic carbocycles. The Balaban J connectivity index is 1.92. The molecule has 0 radical (unpaired) electrons. The van der Waals surface area contributed by atoms with Crippen LogP contribution >= 0.6 is 11.8 Å². The zero-order chi connectivity index (χ0) is 20.7. The fourth-order valence-corrected chi connectivity index (χ4v) is 3.27. The van der Waals surface area contributed by atoms with Gasteiger partial charge >= 0.3 is 12.1 Å². The number of nitrogens with zero attached hydrogens (tertiary/aromatic N) is 1. The molecule has 1 fully saturated rings. The zero-order valence-corrected chi connectivity index (χ0v) is 17.6. The van der Waals surface area contributed by atoms with E-state index in [1.54, 1.807) is 20.8 Å². The van der Waals surface area contributed by atoms with Crippen LogP contribution in [0.25, 0.3) is 0 Å². The standard InChI is InChI=1S/C20H28N2O5S/c1-20(2,3)27-19(25)21-15(13-28-4)17(23)22-11-10-16(22)18(24)26-12-14-8-6-5-7-9-14/h5-9,15-16H,10-13H2,1-4H3,(H,21,25). The van der Waals surface area contributed by atoms with Gasteiger partial charge in [-0.2, -0.15) is 11.8 Å². The maximum absolute atomic E-state index is 12.8. The second kappa shape index (κ2) is 9.82. The van der Waals surface area contributed by atoms with Crippen LogP contribution in [0.4, 0.5) is 4.79 Å². The summed E-state index contributed by atoms with van der Waals surface area (Å²) in [6.45, 7) is 5.90. The molecule has 2 atom stereocenters. The van der Waals surface area contributed by atoms with Crippen LogP contribution < -0.4 is 5.32 Å². The molecule has 154 valence electrons. The van der Waals surface area contributed by atoms with E-state index in [4.69, 9.17) is 9.47 Å². The van der Waals surface area contributed by atoms with Crippen LogP contribution in [0, 0.1) is 0 Å². The SMILES string of the molecule is CSCC(NC(=O)OC(C)(C)C)C(=O)N1CCC1C(=O)OCc1ccccc1. The summed E-state index contributed by atoms with van der Waals surface area (Å²) < 4.78 is 10.6. The molecule has 2 unspecified atom stereocenters. The summed E-state index contributed by atoms with van der Waals surface area (Å²) in [5, 5.41) is 2.62. The second-order valence-corrected chi connectivity index (χ2v) is 8.49. The highest BCUT2D eigenvalue weighted by atomic mass is 32.2. The fraction of sp³-hybridized carbons (Fsp3) is 0.550. The molecule has 1 aliphatic heterocycles. The van der Waals surface area contributed by atoms with Crippen molar-refractivity contribution in [1.82, 2.24) is 10.2 Å². The molecule has 0 aromatic heterocycles. The van der Waals surface area contributed by atoms with Crippen molar-refractivity contribution in [2.75, 3.05) is 18.6 Å². The normalized spacial score (nSPS) is 17.3. The Bertz CT molecular complexity index is 690. The number of benzene rings is 1. The number of thioether (sulfide) groups is 1. The molecule has 2 rings (SSSR count). The predicted molar refractivity (Wildman–Crippen MR) is 108 cm³/mol. The maximum atomic E-state index is 12.8. The summed E-state index contributed by atoms with van der Waals surface area (Å²) in [6.07, 6.45) is 1.75. The minimum Gasteiger partial charge on any atom is -0.459 e. The summed E-state index contributed by atoms with van der Waals surface area (Å²) in [4.78, 5) is 38.7. The van der Waals surface area contributed by atoms with Crippen LogP contribution in [0.3, 0.4) is 0 Å². The Morgan fingerprint density at radius 3 is 2.46 bits per heavy atom. The van der Waals surface area contributed by atoms with Crippen molar-refractivity contribution in [3.63, 3.8) is 0 Å². The Hall–Kier alpha value is -2.22. The van der Waals surface area contributed by atoms with E-state index >= 15 is 0 Å². The minimum atomic E-state index is -0.755. The lowest BCUT2D eigenvalue weighted by Crippen LogP contribution is -2.61. The van der Waals surface area contributed by atoms with Gasteiger partial charge < -0.3 is 19.7 Å². The Morgan fingerprint density at radius 1 is 1.25 bits per heavy atom. The van der Waals surface area contributed by atoms with Gasteiger partial charge in [-0.15, -0.1) is 0 Å². The van der Waals surface area contributed by atoms with Crippen molar-refractivity contribution >= 4 is 29.7 Å². The molecule has 1 saturated heterocycles. The van der Waals surface area contributed by atoms with E-state index in [0.29, 0.717) is 18.7 Å². The van der Waals surface area contributed by atoms with E-state index in [2.05, 4.69) is 5.32 Å². The number of nitrogens with one attached hydrogen (secondary N) is 1. The van der Waals surface area contributed by atoms with Gasteiger partial charge in [0.15, 0.2) is 0 Å². The Morgan fingerprint density at radius 2 is 1.93 bits per heavy atom. The van der Waals surface area contributed by atoms with Gasteiger partial charge in [0, 0.05) is 12.3 Å². The van der Waals surface area contributed by atoms with Gasteiger partial charge in [0.05, 0.1) is 0 Å². The first-order valence-electron chi connectivity index (χ1n) is 9.21. The van der Waals surface area contributed by atoms with Gasteiger partial charge in [0.1, 0.15) is 24.3 Å². The quantitative estimate of drug-likeness (QED) is 0.698. The molecule has 1 aromatic rings. The summed E-state index contributed by atoms with van der Waals surface area (Å²) in [6, 6.07) is 8.01. The lowest BCUT2D eigenvalue weighted by molar-refractivity contribution is -0.163. The number of amides is 2. The maximum Gasteiger partial charge on any atom is 0.408 e. The topological polar surface area (TPSA) is 84.9 Å². The van der Waals surface area contributed by atoms with E-state index in [-0.39, 0.29) is 12.5 Å². The van der Waals surface area contributed by atoms with Gasteiger partial charge in [0.25, 0.3) is 0 Å². The molecule has 7 nitrogen and oxygen atoms in total. The summed E-state index contributed by atoms with van der Waals surface area (Å²) >= 11 is 1.43. The highest BCUT2D eigenvalue weighted by Crippen LogP contribution is 2.21. The van der Waals surface area contributed by atoms with E-state index in [9.17, 15) is 14.4 Å². The number of likely N-dealkylation sites (tertiary alicyclic amines) is 1. The molecular weight excluding hydrogens is 380 g/mol. The van der Waals surface area contributed by atoms with E-state index < -0.39 is 29.7 Å². The molecule has 1 heterocycles. The number of rotatable bonds is 7. The Kier molecular flexibility index (Phi) is 7.74. The molecule has 0 spiro atoms. The van der Waals surface area contributed by atoms with E-state index in [1.807, 2.05) is 36.6 Å². The summed E-state index contributed by atoms with van der Waals surface area (Å²) in [5.74, 6) is -0.336. The number of carbonyl (C=O) groups excluding carboxylic acids is 3. The Labute approximate surface area is 170 Å². The third-order valence-corrected chi connectivity index (χ3v) is 4.79. The van der Waals surface area contributed by atoms with Gasteiger partial charge in [-0.1, -0.05) is 30.3 Å². The molecule has 0 bridgehead atoms. The van der Waals surface area contributed by atoms with Crippen molar-refractivity contribution in [3.05, 3.63) is 35.9 Å². The first-order valence-corrected chi connectivity index (χ1v) is 10.6. The average molecular weight is 409 g/mol. The number of esters is 1. The number of ether oxygens (including phenoxy) is 2. The first-order chi connectivity index (χ1) is 13.2.